The van der Waals surface area contributed by atoms with Gasteiger partial charge in [-0.05, 0) is 42.7 Å². The number of nitrogens with one attached hydrogen (secondary N) is 3. The fourth-order valence-corrected chi connectivity index (χ4v) is 3.07. The van der Waals surface area contributed by atoms with Gasteiger partial charge in [-0.1, -0.05) is 49.6 Å². The van der Waals surface area contributed by atoms with Crippen LogP contribution in [0.25, 0.3) is 0 Å². The lowest BCUT2D eigenvalue weighted by molar-refractivity contribution is 0.0955. The van der Waals surface area contributed by atoms with Gasteiger partial charge in [0.25, 0.3) is 5.91 Å². The number of hydrazone groups is 1. The number of hydrogen-bond donors (Lipinski definition) is 3. The van der Waals surface area contributed by atoms with Crippen LogP contribution in [-0.4, -0.2) is 24.2 Å². The Labute approximate surface area is 159 Å². The number of carbonyl (C=O) groups excluding carboxylic acids is 2. The van der Waals surface area contributed by atoms with Crippen LogP contribution in [0.1, 0.15) is 48.0 Å². The van der Waals surface area contributed by atoms with E-state index in [4.69, 9.17) is 0 Å². The first-order valence-electron chi connectivity index (χ1n) is 9.27. The van der Waals surface area contributed by atoms with E-state index in [0.29, 0.717) is 11.3 Å². The summed E-state index contributed by atoms with van der Waals surface area (Å²) in [4.78, 5) is 24.2. The molecule has 27 heavy (non-hydrogen) atoms. The van der Waals surface area contributed by atoms with Crippen LogP contribution in [0.4, 0.5) is 10.5 Å². The molecule has 0 radical (unpaired) electrons. The van der Waals surface area contributed by atoms with Crippen LogP contribution >= 0.6 is 0 Å². The fourth-order valence-electron chi connectivity index (χ4n) is 3.07. The summed E-state index contributed by atoms with van der Waals surface area (Å²) in [6.45, 7) is 0. The summed E-state index contributed by atoms with van der Waals surface area (Å²) in [6, 6.07) is 16.3. The van der Waals surface area contributed by atoms with E-state index in [-0.39, 0.29) is 18.0 Å². The Balaban J connectivity index is 1.48. The molecule has 3 N–H and O–H groups in total. The second-order valence-electron chi connectivity index (χ2n) is 6.62. The summed E-state index contributed by atoms with van der Waals surface area (Å²) >= 11 is 0. The first-order valence-corrected chi connectivity index (χ1v) is 9.27. The van der Waals surface area contributed by atoms with Gasteiger partial charge in [0.2, 0.25) is 0 Å². The normalized spacial score (nSPS) is 14.7. The van der Waals surface area contributed by atoms with Crippen molar-refractivity contribution in [1.82, 2.24) is 10.7 Å². The molecule has 1 aliphatic rings. The molecule has 0 heterocycles. The van der Waals surface area contributed by atoms with Crippen LogP contribution < -0.4 is 16.1 Å². The largest absolute Gasteiger partial charge is 0.335 e. The number of nitrogens with zero attached hydrogens (tertiary/aromatic N) is 1. The van der Waals surface area contributed by atoms with E-state index < -0.39 is 0 Å². The Morgan fingerprint density at radius 1 is 0.926 bits per heavy atom. The molecule has 140 valence electrons. The van der Waals surface area contributed by atoms with Gasteiger partial charge in [0.1, 0.15) is 0 Å². The van der Waals surface area contributed by atoms with Gasteiger partial charge < -0.3 is 10.6 Å². The van der Waals surface area contributed by atoms with Crippen LogP contribution in [0, 0.1) is 0 Å². The second-order valence-corrected chi connectivity index (χ2v) is 6.62. The van der Waals surface area contributed by atoms with E-state index in [1.807, 2.05) is 30.3 Å². The summed E-state index contributed by atoms with van der Waals surface area (Å²) < 4.78 is 0. The number of amides is 3. The molecule has 0 aliphatic heterocycles. The molecule has 0 atom stereocenters. The summed E-state index contributed by atoms with van der Waals surface area (Å²) in [5, 5.41) is 9.76. The molecule has 2 aromatic rings. The minimum absolute atomic E-state index is 0.202. The van der Waals surface area contributed by atoms with E-state index in [1.54, 1.807) is 30.5 Å². The molecule has 0 unspecified atom stereocenters. The third-order valence-electron chi connectivity index (χ3n) is 4.52. The Hall–Kier alpha value is -3.15. The minimum atomic E-state index is -0.305. The third kappa shape index (κ3) is 5.95. The van der Waals surface area contributed by atoms with E-state index in [0.717, 1.165) is 18.4 Å². The van der Waals surface area contributed by atoms with E-state index in [1.165, 1.54) is 19.3 Å². The lowest BCUT2D eigenvalue weighted by Gasteiger charge is -2.22. The van der Waals surface area contributed by atoms with Crippen molar-refractivity contribution in [3.63, 3.8) is 0 Å². The van der Waals surface area contributed by atoms with Gasteiger partial charge in [-0.2, -0.15) is 5.10 Å². The third-order valence-corrected chi connectivity index (χ3v) is 4.52. The highest BCUT2D eigenvalue weighted by Crippen LogP contribution is 2.17. The van der Waals surface area contributed by atoms with Crippen molar-refractivity contribution in [2.75, 3.05) is 5.32 Å². The molecule has 1 saturated carbocycles. The lowest BCUT2D eigenvalue weighted by atomic mass is 9.96. The van der Waals surface area contributed by atoms with Gasteiger partial charge in [0, 0.05) is 17.3 Å². The van der Waals surface area contributed by atoms with Crippen molar-refractivity contribution in [2.45, 2.75) is 38.1 Å². The van der Waals surface area contributed by atoms with Crippen molar-refractivity contribution in [1.29, 1.82) is 0 Å². The summed E-state index contributed by atoms with van der Waals surface area (Å²) in [6.07, 6.45) is 7.25. The van der Waals surface area contributed by atoms with E-state index in [9.17, 15) is 9.59 Å². The topological polar surface area (TPSA) is 82.6 Å². The van der Waals surface area contributed by atoms with Crippen LogP contribution in [-0.2, 0) is 0 Å². The fraction of sp³-hybridized carbons (Fsp3) is 0.286. The van der Waals surface area contributed by atoms with Gasteiger partial charge in [0.15, 0.2) is 0 Å². The van der Waals surface area contributed by atoms with Crippen LogP contribution in [0.3, 0.4) is 0 Å². The first-order chi connectivity index (χ1) is 13.2. The molecule has 6 heteroatoms. The Morgan fingerprint density at radius 3 is 2.33 bits per heavy atom. The highest BCUT2D eigenvalue weighted by Gasteiger charge is 2.15. The molecule has 2 aromatic carbocycles. The molecular formula is C21H24N4O2. The Morgan fingerprint density at radius 2 is 1.63 bits per heavy atom. The maximum atomic E-state index is 12.1. The molecule has 0 aromatic heterocycles. The Bertz CT molecular complexity index is 782. The zero-order valence-corrected chi connectivity index (χ0v) is 15.2. The maximum absolute atomic E-state index is 12.1. The van der Waals surface area contributed by atoms with Crippen molar-refractivity contribution >= 4 is 23.8 Å². The number of carbonyl (C=O) groups is 2. The minimum Gasteiger partial charge on any atom is -0.335 e. The molecule has 6 nitrogen and oxygen atoms in total. The predicted molar refractivity (Wildman–Crippen MR) is 107 cm³/mol. The van der Waals surface area contributed by atoms with E-state index in [2.05, 4.69) is 21.2 Å². The molecular weight excluding hydrogens is 340 g/mol. The average molecular weight is 364 g/mol. The van der Waals surface area contributed by atoms with Gasteiger partial charge in [0.05, 0.1) is 6.21 Å². The molecule has 3 rings (SSSR count). The van der Waals surface area contributed by atoms with Crippen molar-refractivity contribution in [3.8, 4) is 0 Å². The summed E-state index contributed by atoms with van der Waals surface area (Å²) in [5.74, 6) is -0.305. The zero-order chi connectivity index (χ0) is 18.9. The number of benzene rings is 2. The maximum Gasteiger partial charge on any atom is 0.319 e. The lowest BCUT2D eigenvalue weighted by Crippen LogP contribution is -2.39. The molecule has 1 fully saturated rings. The van der Waals surface area contributed by atoms with Crippen molar-refractivity contribution in [2.24, 2.45) is 5.10 Å². The van der Waals surface area contributed by atoms with Gasteiger partial charge in [-0.3, -0.25) is 4.79 Å². The molecule has 0 saturated heterocycles. The van der Waals surface area contributed by atoms with E-state index >= 15 is 0 Å². The second kappa shape index (κ2) is 9.52. The van der Waals surface area contributed by atoms with Crippen molar-refractivity contribution < 1.29 is 9.59 Å². The molecule has 0 bridgehead atoms. The molecule has 0 spiro atoms. The monoisotopic (exact) mass is 364 g/mol. The van der Waals surface area contributed by atoms with Gasteiger partial charge in [-0.25, -0.2) is 10.2 Å². The zero-order valence-electron chi connectivity index (χ0n) is 15.2. The first kappa shape index (κ1) is 18.6. The van der Waals surface area contributed by atoms with Crippen LogP contribution in [0.5, 0.6) is 0 Å². The van der Waals surface area contributed by atoms with Gasteiger partial charge in [-0.15, -0.1) is 0 Å². The summed E-state index contributed by atoms with van der Waals surface area (Å²) in [5.41, 5.74) is 4.51. The number of anilines is 1. The highest BCUT2D eigenvalue weighted by atomic mass is 16.2. The highest BCUT2D eigenvalue weighted by molar-refractivity contribution is 5.96. The SMILES string of the molecule is O=C(Nc1ccc(C(=O)N/N=C/c2ccccc2)cc1)NC1CCCCC1. The predicted octanol–water partition coefficient (Wildman–Crippen LogP) is 3.90. The number of urea groups is 1. The quantitative estimate of drug-likeness (QED) is 0.555. The Kier molecular flexibility index (Phi) is 6.57. The number of hydrogen-bond acceptors (Lipinski definition) is 3. The van der Waals surface area contributed by atoms with Crippen molar-refractivity contribution in [3.05, 3.63) is 65.7 Å². The van der Waals surface area contributed by atoms with Crippen LogP contribution in [0.2, 0.25) is 0 Å². The summed E-state index contributed by atoms with van der Waals surface area (Å²) in [7, 11) is 0. The molecule has 3 amide bonds. The smallest absolute Gasteiger partial charge is 0.319 e. The van der Waals surface area contributed by atoms with Gasteiger partial charge >= 0.3 is 6.03 Å². The molecule has 1 aliphatic carbocycles. The number of rotatable bonds is 5. The standard InChI is InChI=1S/C21H24N4O2/c26-20(25-22-15-16-7-3-1-4-8-16)17-11-13-19(14-12-17)24-21(27)23-18-9-5-2-6-10-18/h1,3-4,7-8,11-15,18H,2,5-6,9-10H2,(H,25,26)(H2,23,24,27)/b22-15+. The van der Waals surface area contributed by atoms with Crippen LogP contribution in [0.15, 0.2) is 59.7 Å². The average Bonchev–Trinajstić information content (AvgIpc) is 2.70.